The van der Waals surface area contributed by atoms with Gasteiger partial charge in [0, 0.05) is 52.4 Å². The zero-order valence-corrected chi connectivity index (χ0v) is 20.0. The topological polar surface area (TPSA) is 58.1 Å². The lowest BCUT2D eigenvalue weighted by molar-refractivity contribution is 0.180. The smallest absolute Gasteiger partial charge is 0.191 e. The van der Waals surface area contributed by atoms with Crippen LogP contribution in [0.1, 0.15) is 25.8 Å². The minimum absolute atomic E-state index is 0. The fourth-order valence-corrected chi connectivity index (χ4v) is 2.63. The summed E-state index contributed by atoms with van der Waals surface area (Å²) in [5.41, 5.74) is 1.20. The average molecular weight is 492 g/mol. The van der Waals surface area contributed by atoms with Crippen LogP contribution >= 0.6 is 24.0 Å². The molecule has 1 aromatic rings. The first-order chi connectivity index (χ1) is 12.4. The number of nitrogens with zero attached hydrogens (tertiary/aromatic N) is 2. The van der Waals surface area contributed by atoms with Crippen LogP contribution in [0.25, 0.3) is 0 Å². The second-order valence-electron chi connectivity index (χ2n) is 7.12. The fourth-order valence-electron chi connectivity index (χ4n) is 2.63. The van der Waals surface area contributed by atoms with E-state index in [-0.39, 0.29) is 29.4 Å². The van der Waals surface area contributed by atoms with Gasteiger partial charge < -0.3 is 25.0 Å². The Morgan fingerprint density at radius 1 is 1.19 bits per heavy atom. The largest absolute Gasteiger partial charge is 0.497 e. The van der Waals surface area contributed by atoms with E-state index in [1.807, 2.05) is 12.1 Å². The maximum Gasteiger partial charge on any atom is 0.191 e. The number of halogens is 1. The van der Waals surface area contributed by atoms with Gasteiger partial charge in [-0.25, -0.2) is 0 Å². The minimum Gasteiger partial charge on any atom is -0.497 e. The summed E-state index contributed by atoms with van der Waals surface area (Å²) in [5.74, 6) is 1.71. The highest BCUT2D eigenvalue weighted by Gasteiger charge is 2.21. The van der Waals surface area contributed by atoms with Crippen molar-refractivity contribution >= 4 is 29.9 Å². The van der Waals surface area contributed by atoms with Crippen LogP contribution in [0, 0.1) is 0 Å². The van der Waals surface area contributed by atoms with Gasteiger partial charge in [0.2, 0.25) is 0 Å². The van der Waals surface area contributed by atoms with Crippen LogP contribution in [0.3, 0.4) is 0 Å². The standard InChI is InChI=1S/C20H36N4O2.HI/c1-20(2,17-9-7-10-18(15-17)26-6)16-23-19(21-3)22-11-13-24(4)12-8-14-25-5;/h7,9-10,15H,8,11-14,16H2,1-6H3,(H2,21,22,23);1H. The Balaban J connectivity index is 0.00000676. The van der Waals surface area contributed by atoms with E-state index in [0.717, 1.165) is 50.9 Å². The van der Waals surface area contributed by atoms with E-state index in [4.69, 9.17) is 9.47 Å². The molecule has 1 rings (SSSR count). The van der Waals surface area contributed by atoms with Gasteiger partial charge in [0.05, 0.1) is 7.11 Å². The highest BCUT2D eigenvalue weighted by atomic mass is 127. The highest BCUT2D eigenvalue weighted by molar-refractivity contribution is 14.0. The molecular weight excluding hydrogens is 455 g/mol. The summed E-state index contributed by atoms with van der Waals surface area (Å²) in [6.45, 7) is 8.86. The van der Waals surface area contributed by atoms with Gasteiger partial charge in [0.25, 0.3) is 0 Å². The Labute approximate surface area is 182 Å². The number of benzene rings is 1. The number of methoxy groups -OCH3 is 2. The summed E-state index contributed by atoms with van der Waals surface area (Å²) >= 11 is 0. The molecule has 0 bridgehead atoms. The molecule has 7 heteroatoms. The molecule has 0 aliphatic rings. The summed E-state index contributed by atoms with van der Waals surface area (Å²) in [6.07, 6.45) is 1.05. The summed E-state index contributed by atoms with van der Waals surface area (Å²) in [4.78, 5) is 6.61. The maximum atomic E-state index is 5.34. The molecule has 0 unspecified atom stereocenters. The van der Waals surface area contributed by atoms with E-state index in [0.29, 0.717) is 0 Å². The number of aliphatic imine (C=N–C) groups is 1. The molecule has 27 heavy (non-hydrogen) atoms. The molecule has 0 heterocycles. The molecular formula is C20H37IN4O2. The lowest BCUT2D eigenvalue weighted by Gasteiger charge is -2.27. The Hall–Kier alpha value is -1.06. The number of rotatable bonds is 11. The van der Waals surface area contributed by atoms with Crippen molar-refractivity contribution in [2.75, 3.05) is 61.1 Å². The van der Waals surface area contributed by atoms with Crippen LogP contribution in [-0.2, 0) is 10.2 Å². The zero-order valence-electron chi connectivity index (χ0n) is 17.7. The van der Waals surface area contributed by atoms with Gasteiger partial charge in [-0.2, -0.15) is 0 Å². The molecule has 0 saturated heterocycles. The predicted octanol–water partition coefficient (Wildman–Crippen LogP) is 2.72. The number of ether oxygens (including phenoxy) is 2. The van der Waals surface area contributed by atoms with Crippen molar-refractivity contribution in [1.82, 2.24) is 15.5 Å². The fraction of sp³-hybridized carbons (Fsp3) is 0.650. The molecule has 0 aromatic heterocycles. The molecule has 0 aliphatic carbocycles. The first-order valence-electron chi connectivity index (χ1n) is 9.19. The summed E-state index contributed by atoms with van der Waals surface area (Å²) in [6, 6.07) is 8.22. The SMILES string of the molecule is CN=C(NCCN(C)CCCOC)NCC(C)(C)c1cccc(OC)c1.I. The van der Waals surface area contributed by atoms with Gasteiger partial charge in [-0.3, -0.25) is 4.99 Å². The third kappa shape index (κ3) is 10.2. The van der Waals surface area contributed by atoms with E-state index in [1.165, 1.54) is 5.56 Å². The lowest BCUT2D eigenvalue weighted by atomic mass is 9.84. The maximum absolute atomic E-state index is 5.34. The number of hydrogen-bond donors (Lipinski definition) is 2. The summed E-state index contributed by atoms with van der Waals surface area (Å²) in [5, 5.41) is 6.81. The van der Waals surface area contributed by atoms with Crippen molar-refractivity contribution < 1.29 is 9.47 Å². The minimum atomic E-state index is -0.0386. The van der Waals surface area contributed by atoms with Crippen molar-refractivity contribution in [1.29, 1.82) is 0 Å². The normalized spacial score (nSPS) is 11.9. The number of likely N-dealkylation sites (N-methyl/N-ethyl adjacent to an activating group) is 1. The van der Waals surface area contributed by atoms with Crippen LogP contribution in [0.15, 0.2) is 29.3 Å². The van der Waals surface area contributed by atoms with Gasteiger partial charge in [0.15, 0.2) is 5.96 Å². The zero-order chi connectivity index (χ0) is 19.4. The first kappa shape index (κ1) is 25.9. The Morgan fingerprint density at radius 3 is 2.56 bits per heavy atom. The molecule has 0 radical (unpaired) electrons. The molecule has 0 fully saturated rings. The predicted molar refractivity (Wildman–Crippen MR) is 125 cm³/mol. The van der Waals surface area contributed by atoms with E-state index in [1.54, 1.807) is 21.3 Å². The van der Waals surface area contributed by atoms with Gasteiger partial charge in [-0.1, -0.05) is 26.0 Å². The quantitative estimate of drug-likeness (QED) is 0.215. The van der Waals surface area contributed by atoms with Crippen molar-refractivity contribution in [2.45, 2.75) is 25.7 Å². The molecule has 6 nitrogen and oxygen atoms in total. The van der Waals surface area contributed by atoms with Crippen LogP contribution in [0.5, 0.6) is 5.75 Å². The Bertz CT molecular complexity index is 553. The molecule has 0 spiro atoms. The Morgan fingerprint density at radius 2 is 1.93 bits per heavy atom. The number of guanidine groups is 1. The second-order valence-corrected chi connectivity index (χ2v) is 7.12. The summed E-state index contributed by atoms with van der Waals surface area (Å²) in [7, 11) is 7.36. The van der Waals surface area contributed by atoms with Crippen molar-refractivity contribution in [3.05, 3.63) is 29.8 Å². The van der Waals surface area contributed by atoms with E-state index < -0.39 is 0 Å². The van der Waals surface area contributed by atoms with Gasteiger partial charge in [-0.05, 0) is 31.2 Å². The van der Waals surface area contributed by atoms with Gasteiger partial charge in [0.1, 0.15) is 5.75 Å². The molecule has 0 saturated carbocycles. The molecule has 2 N–H and O–H groups in total. The molecule has 0 amide bonds. The summed E-state index contributed by atoms with van der Waals surface area (Å²) < 4.78 is 10.4. The lowest BCUT2D eigenvalue weighted by Crippen LogP contribution is -2.45. The van der Waals surface area contributed by atoms with Gasteiger partial charge in [-0.15, -0.1) is 24.0 Å². The van der Waals surface area contributed by atoms with Crippen LogP contribution in [0.4, 0.5) is 0 Å². The van der Waals surface area contributed by atoms with Crippen molar-refractivity contribution in [3.8, 4) is 5.75 Å². The molecule has 1 aromatic carbocycles. The van der Waals surface area contributed by atoms with Crippen molar-refractivity contribution in [3.63, 3.8) is 0 Å². The van der Waals surface area contributed by atoms with Crippen LogP contribution in [-0.4, -0.2) is 72.0 Å². The van der Waals surface area contributed by atoms with Crippen molar-refractivity contribution in [2.24, 2.45) is 4.99 Å². The van der Waals surface area contributed by atoms with Crippen LogP contribution < -0.4 is 15.4 Å². The molecule has 0 aliphatic heterocycles. The first-order valence-corrected chi connectivity index (χ1v) is 9.19. The van der Waals surface area contributed by atoms with E-state index >= 15 is 0 Å². The third-order valence-corrected chi connectivity index (χ3v) is 4.45. The second kappa shape index (κ2) is 14.0. The third-order valence-electron chi connectivity index (χ3n) is 4.45. The number of nitrogens with one attached hydrogen (secondary N) is 2. The van der Waals surface area contributed by atoms with E-state index in [9.17, 15) is 0 Å². The average Bonchev–Trinajstić information content (AvgIpc) is 2.64. The van der Waals surface area contributed by atoms with E-state index in [2.05, 4.69) is 53.6 Å². The van der Waals surface area contributed by atoms with Crippen LogP contribution in [0.2, 0.25) is 0 Å². The molecule has 0 atom stereocenters. The molecule has 156 valence electrons. The Kier molecular flexibility index (Phi) is 13.5. The van der Waals surface area contributed by atoms with Gasteiger partial charge >= 0.3 is 0 Å². The number of hydrogen-bond acceptors (Lipinski definition) is 4. The monoisotopic (exact) mass is 492 g/mol. The highest BCUT2D eigenvalue weighted by Crippen LogP contribution is 2.25.